The van der Waals surface area contributed by atoms with E-state index in [9.17, 15) is 19.7 Å². The van der Waals surface area contributed by atoms with E-state index in [2.05, 4.69) is 25.8 Å². The highest BCUT2D eigenvalue weighted by molar-refractivity contribution is 6.04. The molecule has 1 fully saturated rings. The van der Waals surface area contributed by atoms with Crippen molar-refractivity contribution in [1.82, 2.24) is 5.32 Å². The van der Waals surface area contributed by atoms with Gasteiger partial charge in [-0.25, -0.2) is 4.79 Å². The molecule has 0 bridgehead atoms. The molecule has 3 aromatic carbocycles. The number of nitro benzene ring substituents is 1. The molecule has 1 saturated heterocycles. The number of urea groups is 1. The molecule has 1 atom stereocenters. The maximum absolute atomic E-state index is 13.3. The Morgan fingerprint density at radius 2 is 1.52 bits per heavy atom. The summed E-state index contributed by atoms with van der Waals surface area (Å²) in [5.74, 6) is 0.614. The molecular formula is C29H34N6O5. The number of hydrogen-bond acceptors (Lipinski definition) is 7. The highest BCUT2D eigenvalue weighted by Gasteiger charge is 2.24. The minimum Gasteiger partial charge on any atom is -0.495 e. The van der Waals surface area contributed by atoms with Crippen LogP contribution in [0.15, 0.2) is 66.7 Å². The predicted octanol–water partition coefficient (Wildman–Crippen LogP) is 5.10. The first-order chi connectivity index (χ1) is 19.3. The Balaban J connectivity index is 1.50. The lowest BCUT2D eigenvalue weighted by atomic mass is 10.1. The number of para-hydroxylation sites is 2. The summed E-state index contributed by atoms with van der Waals surface area (Å²) in [4.78, 5) is 40.8. The standard InChI is InChI=1S/C29H34N6O5/c1-4-20(2)30-28(36)24-19-22(32-29(37)31-21-9-12-23(13-10-21)35(38)39)11-14-25(24)33-15-17-34(18-16-33)26-7-5-6-8-27(26)40-3/h5-14,19-20H,4,15-18H2,1-3H3,(H,30,36)(H2,31,32,37). The summed E-state index contributed by atoms with van der Waals surface area (Å²) in [5.41, 5.74) is 3.09. The van der Waals surface area contributed by atoms with Gasteiger partial charge in [-0.3, -0.25) is 14.9 Å². The third-order valence-electron chi connectivity index (χ3n) is 6.87. The molecule has 0 radical (unpaired) electrons. The fourth-order valence-corrected chi connectivity index (χ4v) is 4.51. The van der Waals surface area contributed by atoms with Crippen LogP contribution < -0.4 is 30.5 Å². The van der Waals surface area contributed by atoms with Gasteiger partial charge in [0.1, 0.15) is 5.75 Å². The van der Waals surface area contributed by atoms with Crippen molar-refractivity contribution in [3.8, 4) is 5.75 Å². The van der Waals surface area contributed by atoms with E-state index in [-0.39, 0.29) is 17.6 Å². The van der Waals surface area contributed by atoms with Crippen molar-refractivity contribution < 1.29 is 19.2 Å². The SMILES string of the molecule is CCC(C)NC(=O)c1cc(NC(=O)Nc2ccc([N+](=O)[O-])cc2)ccc1N1CCN(c2ccccc2OC)CC1. The van der Waals surface area contributed by atoms with Crippen molar-refractivity contribution in [1.29, 1.82) is 0 Å². The number of benzene rings is 3. The van der Waals surface area contributed by atoms with E-state index < -0.39 is 11.0 Å². The number of non-ortho nitro benzene ring substituents is 1. The number of amides is 3. The molecule has 0 spiro atoms. The van der Waals surface area contributed by atoms with Crippen molar-refractivity contribution in [2.24, 2.45) is 0 Å². The molecule has 3 N–H and O–H groups in total. The summed E-state index contributed by atoms with van der Waals surface area (Å²) in [6.07, 6.45) is 0.786. The van der Waals surface area contributed by atoms with Crippen molar-refractivity contribution >= 4 is 40.4 Å². The van der Waals surface area contributed by atoms with Crippen LogP contribution in [0, 0.1) is 10.1 Å². The van der Waals surface area contributed by atoms with E-state index in [1.807, 2.05) is 44.2 Å². The number of piperazine rings is 1. The van der Waals surface area contributed by atoms with Crippen LogP contribution in [-0.4, -0.2) is 56.2 Å². The average molecular weight is 547 g/mol. The van der Waals surface area contributed by atoms with Crippen molar-refractivity contribution in [2.45, 2.75) is 26.3 Å². The number of nitrogens with one attached hydrogen (secondary N) is 3. The van der Waals surface area contributed by atoms with Gasteiger partial charge in [0, 0.05) is 61.4 Å². The summed E-state index contributed by atoms with van der Waals surface area (Å²) >= 11 is 0. The molecule has 210 valence electrons. The quantitative estimate of drug-likeness (QED) is 0.251. The Morgan fingerprint density at radius 1 is 0.925 bits per heavy atom. The van der Waals surface area contributed by atoms with Crippen LogP contribution in [0.4, 0.5) is 33.2 Å². The zero-order valence-electron chi connectivity index (χ0n) is 22.8. The molecule has 3 aromatic rings. The highest BCUT2D eigenvalue weighted by atomic mass is 16.6. The first-order valence-electron chi connectivity index (χ1n) is 13.2. The molecule has 1 heterocycles. The highest BCUT2D eigenvalue weighted by Crippen LogP contribution is 2.31. The number of methoxy groups -OCH3 is 1. The van der Waals surface area contributed by atoms with E-state index in [0.717, 1.165) is 36.6 Å². The van der Waals surface area contributed by atoms with Crippen LogP contribution in [0.25, 0.3) is 0 Å². The largest absolute Gasteiger partial charge is 0.495 e. The average Bonchev–Trinajstić information content (AvgIpc) is 2.97. The Hall–Kier alpha value is -4.80. The van der Waals surface area contributed by atoms with Gasteiger partial charge >= 0.3 is 6.03 Å². The fourth-order valence-electron chi connectivity index (χ4n) is 4.51. The second kappa shape index (κ2) is 12.8. The first kappa shape index (κ1) is 28.2. The van der Waals surface area contributed by atoms with Gasteiger partial charge in [0.2, 0.25) is 0 Å². The molecule has 0 aromatic heterocycles. The molecular weight excluding hydrogens is 512 g/mol. The number of rotatable bonds is 9. The second-order valence-corrected chi connectivity index (χ2v) is 9.54. The molecule has 11 heteroatoms. The van der Waals surface area contributed by atoms with Gasteiger partial charge in [0.15, 0.2) is 0 Å². The second-order valence-electron chi connectivity index (χ2n) is 9.54. The van der Waals surface area contributed by atoms with Gasteiger partial charge in [-0.1, -0.05) is 19.1 Å². The van der Waals surface area contributed by atoms with E-state index in [4.69, 9.17) is 4.74 Å². The molecule has 0 saturated carbocycles. The van der Waals surface area contributed by atoms with Crippen LogP contribution in [0.1, 0.15) is 30.6 Å². The van der Waals surface area contributed by atoms with Gasteiger partial charge in [0.25, 0.3) is 11.6 Å². The van der Waals surface area contributed by atoms with Crippen LogP contribution in [0.5, 0.6) is 5.75 Å². The van der Waals surface area contributed by atoms with Crippen molar-refractivity contribution in [3.05, 3.63) is 82.4 Å². The van der Waals surface area contributed by atoms with Crippen molar-refractivity contribution in [3.63, 3.8) is 0 Å². The molecule has 1 aliphatic rings. The van der Waals surface area contributed by atoms with Gasteiger partial charge < -0.3 is 30.5 Å². The number of nitrogens with zero attached hydrogens (tertiary/aromatic N) is 3. The van der Waals surface area contributed by atoms with Gasteiger partial charge in [-0.2, -0.15) is 0 Å². The zero-order valence-corrected chi connectivity index (χ0v) is 22.8. The van der Waals surface area contributed by atoms with Crippen LogP contribution in [0.3, 0.4) is 0 Å². The van der Waals surface area contributed by atoms with Crippen LogP contribution in [0.2, 0.25) is 0 Å². The van der Waals surface area contributed by atoms with Crippen LogP contribution >= 0.6 is 0 Å². The molecule has 1 unspecified atom stereocenters. The maximum atomic E-state index is 13.3. The third kappa shape index (κ3) is 6.79. The summed E-state index contributed by atoms with van der Waals surface area (Å²) < 4.78 is 5.53. The lowest BCUT2D eigenvalue weighted by Crippen LogP contribution is -2.47. The van der Waals surface area contributed by atoms with Gasteiger partial charge in [-0.05, 0) is 55.8 Å². The number of ether oxygens (including phenoxy) is 1. The molecule has 1 aliphatic heterocycles. The van der Waals surface area contributed by atoms with Gasteiger partial charge in [0.05, 0.1) is 23.3 Å². The smallest absolute Gasteiger partial charge is 0.323 e. The number of anilines is 4. The van der Waals surface area contributed by atoms with E-state index in [1.165, 1.54) is 24.3 Å². The Labute approximate surface area is 233 Å². The minimum absolute atomic E-state index is 0.00945. The Bertz CT molecular complexity index is 1360. The topological polar surface area (TPSA) is 129 Å². The molecule has 11 nitrogen and oxygen atoms in total. The summed E-state index contributed by atoms with van der Waals surface area (Å²) in [5, 5.41) is 19.3. The van der Waals surface area contributed by atoms with E-state index in [0.29, 0.717) is 30.0 Å². The monoisotopic (exact) mass is 546 g/mol. The van der Waals surface area contributed by atoms with E-state index in [1.54, 1.807) is 19.2 Å². The van der Waals surface area contributed by atoms with Crippen molar-refractivity contribution in [2.75, 3.05) is 53.7 Å². The molecule has 3 amide bonds. The third-order valence-corrected chi connectivity index (χ3v) is 6.87. The Morgan fingerprint density at radius 3 is 2.15 bits per heavy atom. The minimum atomic E-state index is -0.527. The molecule has 40 heavy (non-hydrogen) atoms. The van der Waals surface area contributed by atoms with Crippen LogP contribution in [-0.2, 0) is 0 Å². The number of carbonyl (C=O) groups excluding carboxylic acids is 2. The normalized spacial score (nSPS) is 13.8. The zero-order chi connectivity index (χ0) is 28.6. The number of carbonyl (C=O) groups is 2. The summed E-state index contributed by atoms with van der Waals surface area (Å²) in [6.45, 7) is 6.87. The maximum Gasteiger partial charge on any atom is 0.323 e. The predicted molar refractivity (Wildman–Crippen MR) is 157 cm³/mol. The van der Waals surface area contributed by atoms with E-state index >= 15 is 0 Å². The number of hydrogen-bond donors (Lipinski definition) is 3. The Kier molecular flexibility index (Phi) is 9.05. The van der Waals surface area contributed by atoms with Gasteiger partial charge in [-0.15, -0.1) is 0 Å². The molecule has 0 aliphatic carbocycles. The lowest BCUT2D eigenvalue weighted by molar-refractivity contribution is -0.384. The summed E-state index contributed by atoms with van der Waals surface area (Å²) in [6, 6.07) is 18.2. The lowest BCUT2D eigenvalue weighted by Gasteiger charge is -2.38. The summed E-state index contributed by atoms with van der Waals surface area (Å²) in [7, 11) is 1.67. The first-order valence-corrected chi connectivity index (χ1v) is 13.2. The fraction of sp³-hybridized carbons (Fsp3) is 0.310. The number of nitro groups is 1. The molecule has 4 rings (SSSR count).